The van der Waals surface area contributed by atoms with Gasteiger partial charge in [0.1, 0.15) is 5.82 Å². The molecule has 80 valence electrons. The fraction of sp³-hybridized carbons (Fsp3) is 0.364. The van der Waals surface area contributed by atoms with Crippen molar-refractivity contribution in [3.8, 4) is 0 Å². The number of carbonyl (C=O) groups excluding carboxylic acids is 1. The van der Waals surface area contributed by atoms with Crippen molar-refractivity contribution in [3.05, 3.63) is 34.6 Å². The van der Waals surface area contributed by atoms with Crippen molar-refractivity contribution in [2.75, 3.05) is 13.7 Å². The quantitative estimate of drug-likeness (QED) is 0.707. The van der Waals surface area contributed by atoms with Gasteiger partial charge < -0.3 is 10.1 Å². The zero-order valence-corrected chi connectivity index (χ0v) is 8.47. The molecule has 0 aromatic heterocycles. The van der Waals surface area contributed by atoms with E-state index in [9.17, 15) is 9.18 Å². The number of hydrogen-bond donors (Lipinski definition) is 1. The molecule has 1 aliphatic heterocycles. The number of nitrogens with one attached hydrogen (secondary N) is 1. The highest BCUT2D eigenvalue weighted by molar-refractivity contribution is 5.90. The van der Waals surface area contributed by atoms with Crippen molar-refractivity contribution >= 4 is 5.97 Å². The molecule has 3 nitrogen and oxygen atoms in total. The lowest BCUT2D eigenvalue weighted by molar-refractivity contribution is 0.0595. The van der Waals surface area contributed by atoms with E-state index in [1.54, 1.807) is 6.07 Å². The molecule has 1 N–H and O–H groups in total. The fourth-order valence-electron chi connectivity index (χ4n) is 1.77. The van der Waals surface area contributed by atoms with Gasteiger partial charge in [-0.25, -0.2) is 9.18 Å². The number of benzene rings is 1. The van der Waals surface area contributed by atoms with Crippen LogP contribution in [0.1, 0.15) is 21.5 Å². The molecule has 0 saturated carbocycles. The topological polar surface area (TPSA) is 38.3 Å². The SMILES string of the molecule is COC(=O)c1cc2c(cc1F)CNCC2. The molecule has 0 unspecified atom stereocenters. The summed E-state index contributed by atoms with van der Waals surface area (Å²) in [5.74, 6) is -1.13. The van der Waals surface area contributed by atoms with Crippen LogP contribution < -0.4 is 5.32 Å². The van der Waals surface area contributed by atoms with E-state index in [1.807, 2.05) is 0 Å². The number of fused-ring (bicyclic) bond motifs is 1. The second-order valence-corrected chi connectivity index (χ2v) is 3.52. The molecule has 15 heavy (non-hydrogen) atoms. The number of esters is 1. The van der Waals surface area contributed by atoms with Gasteiger partial charge in [-0.05, 0) is 36.2 Å². The Morgan fingerprint density at radius 1 is 1.47 bits per heavy atom. The van der Waals surface area contributed by atoms with Crippen LogP contribution in [0.5, 0.6) is 0 Å². The Morgan fingerprint density at radius 2 is 2.27 bits per heavy atom. The van der Waals surface area contributed by atoms with Gasteiger partial charge in [-0.15, -0.1) is 0 Å². The molecule has 0 aliphatic carbocycles. The molecule has 0 spiro atoms. The standard InChI is InChI=1S/C11H12FNO2/c1-15-11(14)9-4-7-2-3-13-6-8(7)5-10(9)12/h4-5,13H,2-3,6H2,1H3. The minimum absolute atomic E-state index is 0.0261. The van der Waals surface area contributed by atoms with Gasteiger partial charge in [0.05, 0.1) is 12.7 Å². The molecule has 1 heterocycles. The molecule has 2 rings (SSSR count). The molecular formula is C11H12FNO2. The molecular weight excluding hydrogens is 197 g/mol. The van der Waals surface area contributed by atoms with Gasteiger partial charge in [0.2, 0.25) is 0 Å². The Labute approximate surface area is 87.2 Å². The molecule has 1 aromatic carbocycles. The average Bonchev–Trinajstić information content (AvgIpc) is 2.27. The summed E-state index contributed by atoms with van der Waals surface area (Å²) in [7, 11) is 1.25. The van der Waals surface area contributed by atoms with Gasteiger partial charge in [-0.1, -0.05) is 0 Å². The summed E-state index contributed by atoms with van der Waals surface area (Å²) >= 11 is 0. The molecule has 0 fully saturated rings. The van der Waals surface area contributed by atoms with Gasteiger partial charge in [-0.2, -0.15) is 0 Å². The summed E-state index contributed by atoms with van der Waals surface area (Å²) in [4.78, 5) is 11.2. The third-order valence-electron chi connectivity index (χ3n) is 2.58. The third-order valence-corrected chi connectivity index (χ3v) is 2.58. The lowest BCUT2D eigenvalue weighted by atomic mass is 9.98. The Morgan fingerprint density at radius 3 is 3.00 bits per heavy atom. The van der Waals surface area contributed by atoms with Crippen molar-refractivity contribution in [3.63, 3.8) is 0 Å². The van der Waals surface area contributed by atoms with Gasteiger partial charge >= 0.3 is 5.97 Å². The predicted molar refractivity (Wildman–Crippen MR) is 53.2 cm³/mol. The lowest BCUT2D eigenvalue weighted by Crippen LogP contribution is -2.24. The van der Waals surface area contributed by atoms with Crippen LogP contribution in [0.3, 0.4) is 0 Å². The number of hydrogen-bond acceptors (Lipinski definition) is 3. The van der Waals surface area contributed by atoms with Gasteiger partial charge in [0.15, 0.2) is 0 Å². The molecule has 1 aliphatic rings. The van der Waals surface area contributed by atoms with Crippen LogP contribution in [-0.2, 0) is 17.7 Å². The van der Waals surface area contributed by atoms with E-state index in [2.05, 4.69) is 10.1 Å². The Balaban J connectivity index is 2.44. The zero-order valence-electron chi connectivity index (χ0n) is 8.47. The molecule has 0 bridgehead atoms. The lowest BCUT2D eigenvalue weighted by Gasteiger charge is -2.17. The van der Waals surface area contributed by atoms with Crippen molar-refractivity contribution in [1.29, 1.82) is 0 Å². The highest BCUT2D eigenvalue weighted by atomic mass is 19.1. The summed E-state index contributed by atoms with van der Waals surface area (Å²) in [6, 6.07) is 3.01. The van der Waals surface area contributed by atoms with E-state index in [0.29, 0.717) is 6.54 Å². The van der Waals surface area contributed by atoms with Crippen molar-refractivity contribution in [2.45, 2.75) is 13.0 Å². The van der Waals surface area contributed by atoms with E-state index < -0.39 is 11.8 Å². The Bertz CT molecular complexity index is 404. The van der Waals surface area contributed by atoms with E-state index >= 15 is 0 Å². The fourth-order valence-corrected chi connectivity index (χ4v) is 1.77. The maximum atomic E-state index is 13.5. The van der Waals surface area contributed by atoms with Crippen LogP contribution >= 0.6 is 0 Å². The van der Waals surface area contributed by atoms with E-state index in [4.69, 9.17) is 0 Å². The average molecular weight is 209 g/mol. The number of halogens is 1. The number of rotatable bonds is 1. The molecule has 0 saturated heterocycles. The summed E-state index contributed by atoms with van der Waals surface area (Å²) in [5.41, 5.74) is 1.97. The summed E-state index contributed by atoms with van der Waals surface area (Å²) in [5, 5.41) is 3.15. The second kappa shape index (κ2) is 3.98. The maximum absolute atomic E-state index is 13.5. The monoisotopic (exact) mass is 209 g/mol. The largest absolute Gasteiger partial charge is 0.465 e. The summed E-state index contributed by atoms with van der Waals surface area (Å²) < 4.78 is 18.0. The van der Waals surface area contributed by atoms with Crippen LogP contribution in [0, 0.1) is 5.82 Å². The van der Waals surface area contributed by atoms with Crippen molar-refractivity contribution in [1.82, 2.24) is 5.32 Å². The first-order valence-electron chi connectivity index (χ1n) is 4.82. The number of ether oxygens (including phenoxy) is 1. The molecule has 4 heteroatoms. The minimum atomic E-state index is -0.617. The van der Waals surface area contributed by atoms with E-state index in [0.717, 1.165) is 24.1 Å². The molecule has 0 atom stereocenters. The number of carbonyl (C=O) groups is 1. The van der Waals surface area contributed by atoms with E-state index in [-0.39, 0.29) is 5.56 Å². The zero-order chi connectivity index (χ0) is 10.8. The number of methoxy groups -OCH3 is 1. The first-order chi connectivity index (χ1) is 7.22. The molecule has 0 radical (unpaired) electrons. The Kier molecular flexibility index (Phi) is 2.68. The minimum Gasteiger partial charge on any atom is -0.465 e. The van der Waals surface area contributed by atoms with Crippen LogP contribution in [0.15, 0.2) is 12.1 Å². The van der Waals surface area contributed by atoms with Crippen LogP contribution in [0.2, 0.25) is 0 Å². The first kappa shape index (κ1) is 10.1. The molecule has 0 amide bonds. The van der Waals surface area contributed by atoms with Crippen molar-refractivity contribution in [2.24, 2.45) is 0 Å². The normalized spacial score (nSPS) is 14.5. The second-order valence-electron chi connectivity index (χ2n) is 3.52. The third kappa shape index (κ3) is 1.85. The first-order valence-corrected chi connectivity index (χ1v) is 4.82. The van der Waals surface area contributed by atoms with Crippen LogP contribution in [0.4, 0.5) is 4.39 Å². The Hall–Kier alpha value is -1.42. The smallest absolute Gasteiger partial charge is 0.340 e. The van der Waals surface area contributed by atoms with Crippen molar-refractivity contribution < 1.29 is 13.9 Å². The molecule has 1 aromatic rings. The highest BCUT2D eigenvalue weighted by Gasteiger charge is 2.17. The summed E-state index contributed by atoms with van der Waals surface area (Å²) in [6.45, 7) is 1.52. The summed E-state index contributed by atoms with van der Waals surface area (Å²) in [6.07, 6.45) is 0.819. The van der Waals surface area contributed by atoms with Crippen LogP contribution in [-0.4, -0.2) is 19.6 Å². The van der Waals surface area contributed by atoms with Crippen LogP contribution in [0.25, 0.3) is 0 Å². The maximum Gasteiger partial charge on any atom is 0.340 e. The van der Waals surface area contributed by atoms with Gasteiger partial charge in [0, 0.05) is 6.54 Å². The predicted octanol–water partition coefficient (Wildman–Crippen LogP) is 1.26. The highest BCUT2D eigenvalue weighted by Crippen LogP contribution is 2.19. The van der Waals surface area contributed by atoms with E-state index in [1.165, 1.54) is 13.2 Å². The van der Waals surface area contributed by atoms with Gasteiger partial charge in [0.25, 0.3) is 0 Å². The van der Waals surface area contributed by atoms with Gasteiger partial charge in [-0.3, -0.25) is 0 Å².